The van der Waals surface area contributed by atoms with Gasteiger partial charge in [-0.2, -0.15) is 9.29 Å². The van der Waals surface area contributed by atoms with Gasteiger partial charge in [-0.15, -0.1) is 0 Å². The highest BCUT2D eigenvalue weighted by Crippen LogP contribution is 2.34. The number of benzene rings is 2. The number of nitrogens with one attached hydrogen (secondary N) is 1. The predicted octanol–water partition coefficient (Wildman–Crippen LogP) is 4.16. The standard InChI is InChI=1S/C26H23FN6O4S/c27-18-4-6-21(7-5-18)38(35,36)32-12-9-19(10-13-32)29-25-28-11-8-22(30-25)24-23(17-2-1-3-20(34)16-17)31-26-33(24)14-15-37-26/h1-8,11,14-16,19,34H,9-10,12-13H2,(H,28,29,30). The molecule has 5 aromatic rings. The smallest absolute Gasteiger partial charge is 0.306 e. The third-order valence-corrected chi connectivity index (χ3v) is 8.43. The molecule has 194 valence electrons. The summed E-state index contributed by atoms with van der Waals surface area (Å²) >= 11 is 0. The van der Waals surface area contributed by atoms with Crippen LogP contribution in [0.1, 0.15) is 12.8 Å². The lowest BCUT2D eigenvalue weighted by Gasteiger charge is -2.31. The van der Waals surface area contributed by atoms with Crippen LogP contribution >= 0.6 is 0 Å². The van der Waals surface area contributed by atoms with E-state index in [2.05, 4.69) is 15.3 Å². The van der Waals surface area contributed by atoms with E-state index in [0.29, 0.717) is 60.4 Å². The number of aromatic nitrogens is 4. The topological polar surface area (TPSA) is 126 Å². The molecule has 0 spiro atoms. The van der Waals surface area contributed by atoms with E-state index in [9.17, 15) is 17.9 Å². The number of hydrogen-bond donors (Lipinski definition) is 2. The van der Waals surface area contributed by atoms with Crippen molar-refractivity contribution in [1.29, 1.82) is 0 Å². The van der Waals surface area contributed by atoms with Gasteiger partial charge in [-0.25, -0.2) is 22.8 Å². The van der Waals surface area contributed by atoms with Crippen molar-refractivity contribution in [2.45, 2.75) is 23.8 Å². The van der Waals surface area contributed by atoms with Crippen LogP contribution < -0.4 is 5.32 Å². The first-order valence-electron chi connectivity index (χ1n) is 12.0. The largest absolute Gasteiger partial charge is 0.508 e. The molecule has 0 amide bonds. The van der Waals surface area contributed by atoms with Gasteiger partial charge in [-0.3, -0.25) is 4.40 Å². The molecule has 1 saturated heterocycles. The van der Waals surface area contributed by atoms with Crippen molar-refractivity contribution in [3.05, 3.63) is 79.1 Å². The van der Waals surface area contributed by atoms with Crippen molar-refractivity contribution in [2.75, 3.05) is 18.4 Å². The number of imidazole rings is 1. The molecule has 0 aliphatic carbocycles. The number of sulfonamides is 1. The fourth-order valence-corrected chi connectivity index (χ4v) is 6.09. The maximum atomic E-state index is 13.2. The Kier molecular flexibility index (Phi) is 6.04. The molecule has 1 aliphatic rings. The highest BCUT2D eigenvalue weighted by atomic mass is 32.2. The highest BCUT2D eigenvalue weighted by Gasteiger charge is 2.30. The Morgan fingerprint density at radius 1 is 1.05 bits per heavy atom. The van der Waals surface area contributed by atoms with Gasteiger partial charge in [-0.1, -0.05) is 12.1 Å². The second-order valence-electron chi connectivity index (χ2n) is 8.96. The van der Waals surface area contributed by atoms with Crippen molar-refractivity contribution >= 4 is 21.8 Å². The first kappa shape index (κ1) is 24.1. The maximum absolute atomic E-state index is 13.2. The SMILES string of the molecule is O=S(=O)(c1ccc(F)cc1)N1CCC(Nc2nccc(-c3c(-c4cccc(O)c4)nc4occn34)n2)CC1. The van der Waals surface area contributed by atoms with Gasteiger partial charge in [0.25, 0.3) is 0 Å². The second-order valence-corrected chi connectivity index (χ2v) is 10.9. The fourth-order valence-electron chi connectivity index (χ4n) is 4.62. The van der Waals surface area contributed by atoms with Crippen molar-refractivity contribution < 1.29 is 22.3 Å². The van der Waals surface area contributed by atoms with Gasteiger partial charge >= 0.3 is 5.84 Å². The lowest BCUT2D eigenvalue weighted by Crippen LogP contribution is -2.42. The molecule has 2 N–H and O–H groups in total. The number of fused-ring (bicyclic) bond motifs is 1. The minimum absolute atomic E-state index is 0.0326. The van der Waals surface area contributed by atoms with Crippen molar-refractivity contribution in [3.63, 3.8) is 0 Å². The molecule has 12 heteroatoms. The number of piperidine rings is 1. The molecule has 1 aliphatic heterocycles. The molecule has 6 rings (SSSR count). The molecule has 0 unspecified atom stereocenters. The van der Waals surface area contributed by atoms with Crippen LogP contribution in [0.25, 0.3) is 28.5 Å². The zero-order valence-electron chi connectivity index (χ0n) is 20.0. The van der Waals surface area contributed by atoms with Gasteiger partial charge in [-0.05, 0) is 55.3 Å². The van der Waals surface area contributed by atoms with Crippen molar-refractivity contribution in [1.82, 2.24) is 23.7 Å². The van der Waals surface area contributed by atoms with E-state index in [-0.39, 0.29) is 16.7 Å². The third-order valence-electron chi connectivity index (χ3n) is 6.52. The van der Waals surface area contributed by atoms with Gasteiger partial charge in [0.15, 0.2) is 0 Å². The summed E-state index contributed by atoms with van der Waals surface area (Å²) in [4.78, 5) is 13.8. The minimum atomic E-state index is -3.69. The Hall–Kier alpha value is -4.29. The number of aromatic hydroxyl groups is 1. The molecule has 0 saturated carbocycles. The monoisotopic (exact) mass is 534 g/mol. The Bertz CT molecular complexity index is 1710. The van der Waals surface area contributed by atoms with Crippen LogP contribution in [0.15, 0.2) is 82.6 Å². The first-order valence-corrected chi connectivity index (χ1v) is 13.4. The summed E-state index contributed by atoms with van der Waals surface area (Å²) in [7, 11) is -3.69. The van der Waals surface area contributed by atoms with Crippen LogP contribution in [0.4, 0.5) is 10.3 Å². The van der Waals surface area contributed by atoms with Crippen LogP contribution in [0.3, 0.4) is 0 Å². The van der Waals surface area contributed by atoms with Crippen LogP contribution in [0, 0.1) is 5.82 Å². The number of anilines is 1. The Morgan fingerprint density at radius 3 is 2.61 bits per heavy atom. The maximum Gasteiger partial charge on any atom is 0.306 e. The summed E-state index contributed by atoms with van der Waals surface area (Å²) in [6, 6.07) is 13.4. The number of phenols is 1. The second kappa shape index (κ2) is 9.54. The molecule has 10 nitrogen and oxygen atoms in total. The number of nitrogens with zero attached hydrogens (tertiary/aromatic N) is 5. The molecule has 2 aromatic carbocycles. The molecule has 38 heavy (non-hydrogen) atoms. The van der Waals surface area contributed by atoms with Crippen LogP contribution in [-0.4, -0.2) is 56.3 Å². The van der Waals surface area contributed by atoms with E-state index in [1.165, 1.54) is 22.7 Å². The van der Waals surface area contributed by atoms with E-state index in [0.717, 1.165) is 12.1 Å². The Labute approximate surface area is 217 Å². The number of halogens is 1. The first-order chi connectivity index (χ1) is 18.4. The van der Waals surface area contributed by atoms with Gasteiger partial charge in [0.1, 0.15) is 29.2 Å². The number of phenolic OH excluding ortho intramolecular Hbond substituents is 1. The highest BCUT2D eigenvalue weighted by molar-refractivity contribution is 7.89. The molecular formula is C26H23FN6O4S. The van der Waals surface area contributed by atoms with Crippen molar-refractivity contribution in [2.24, 2.45) is 0 Å². The van der Waals surface area contributed by atoms with Gasteiger partial charge in [0.05, 0.1) is 10.6 Å². The van der Waals surface area contributed by atoms with Gasteiger partial charge in [0, 0.05) is 37.1 Å². The van der Waals surface area contributed by atoms with Gasteiger partial charge < -0.3 is 14.8 Å². The normalized spacial score (nSPS) is 15.2. The quantitative estimate of drug-likeness (QED) is 0.333. The van der Waals surface area contributed by atoms with E-state index in [1.807, 2.05) is 6.07 Å². The summed E-state index contributed by atoms with van der Waals surface area (Å²) in [6.45, 7) is 0.633. The zero-order valence-corrected chi connectivity index (χ0v) is 20.8. The van der Waals surface area contributed by atoms with E-state index in [1.54, 1.807) is 41.1 Å². The lowest BCUT2D eigenvalue weighted by molar-refractivity contribution is 0.329. The average Bonchev–Trinajstić information content (AvgIpc) is 3.51. The molecule has 3 aromatic heterocycles. The predicted molar refractivity (Wildman–Crippen MR) is 137 cm³/mol. The van der Waals surface area contributed by atoms with Crippen LogP contribution in [0.2, 0.25) is 0 Å². The van der Waals surface area contributed by atoms with E-state index < -0.39 is 15.8 Å². The summed E-state index contributed by atoms with van der Waals surface area (Å²) in [6.07, 6.45) is 6.04. The van der Waals surface area contributed by atoms with Crippen molar-refractivity contribution in [3.8, 4) is 28.4 Å². The number of hydrogen-bond acceptors (Lipinski definition) is 8. The third kappa shape index (κ3) is 4.48. The molecule has 4 heterocycles. The van der Waals surface area contributed by atoms with E-state index >= 15 is 0 Å². The van der Waals surface area contributed by atoms with Crippen LogP contribution in [0.5, 0.6) is 5.75 Å². The average molecular weight is 535 g/mol. The summed E-state index contributed by atoms with van der Waals surface area (Å²) in [5.41, 5.74) is 2.60. The molecule has 1 fully saturated rings. The fraction of sp³-hybridized carbons (Fsp3) is 0.192. The summed E-state index contributed by atoms with van der Waals surface area (Å²) < 4.78 is 47.8. The minimum Gasteiger partial charge on any atom is -0.508 e. The lowest BCUT2D eigenvalue weighted by atomic mass is 10.1. The molecule has 0 radical (unpaired) electrons. The number of rotatable bonds is 6. The summed E-state index contributed by atoms with van der Waals surface area (Å²) in [5, 5.41) is 13.3. The van der Waals surface area contributed by atoms with E-state index in [4.69, 9.17) is 9.40 Å². The molecular weight excluding hydrogens is 511 g/mol. The zero-order chi connectivity index (χ0) is 26.3. The number of oxazole rings is 1. The summed E-state index contributed by atoms with van der Waals surface area (Å²) in [5.74, 6) is 0.437. The Morgan fingerprint density at radius 2 is 1.84 bits per heavy atom. The van der Waals surface area contributed by atoms with Gasteiger partial charge in [0.2, 0.25) is 16.0 Å². The molecule has 0 bridgehead atoms. The Balaban J connectivity index is 1.21. The molecule has 0 atom stereocenters. The van der Waals surface area contributed by atoms with Crippen LogP contribution in [-0.2, 0) is 10.0 Å².